The average molecular weight is 434 g/mol. The van der Waals surface area contributed by atoms with Crippen LogP contribution >= 0.6 is 0 Å². The minimum absolute atomic E-state index is 0.0959. The van der Waals surface area contributed by atoms with Gasteiger partial charge in [-0.05, 0) is 38.8 Å². The van der Waals surface area contributed by atoms with Crippen LogP contribution in [0.15, 0.2) is 36.5 Å². The molecule has 4 rings (SSSR count). The van der Waals surface area contributed by atoms with Crippen molar-refractivity contribution >= 4 is 28.8 Å². The lowest BCUT2D eigenvalue weighted by Crippen LogP contribution is -2.33. The predicted octanol–water partition coefficient (Wildman–Crippen LogP) is 3.26. The van der Waals surface area contributed by atoms with Gasteiger partial charge in [0, 0.05) is 37.5 Å². The minimum Gasteiger partial charge on any atom is -0.352 e. The third-order valence-corrected chi connectivity index (χ3v) is 5.72. The number of hydrogen-bond acceptors (Lipinski definition) is 5. The topological polar surface area (TPSA) is 97.2 Å². The van der Waals surface area contributed by atoms with Gasteiger partial charge in [-0.3, -0.25) is 19.3 Å². The summed E-state index contributed by atoms with van der Waals surface area (Å²) in [5.74, 6) is -0.503. The van der Waals surface area contributed by atoms with Crippen molar-refractivity contribution in [2.45, 2.75) is 46.1 Å². The highest BCUT2D eigenvalue weighted by Crippen LogP contribution is 2.28. The van der Waals surface area contributed by atoms with Gasteiger partial charge in [0.05, 0.1) is 22.8 Å². The number of amides is 3. The molecule has 0 radical (unpaired) electrons. The number of rotatable bonds is 7. The second-order valence-corrected chi connectivity index (χ2v) is 8.34. The van der Waals surface area contributed by atoms with Gasteiger partial charge in [0.1, 0.15) is 0 Å². The second-order valence-electron chi connectivity index (χ2n) is 8.34. The number of likely N-dealkylation sites (tertiary alicyclic amines) is 1. The molecule has 166 valence electrons. The Bertz CT molecular complexity index is 1180. The molecule has 8 heteroatoms. The van der Waals surface area contributed by atoms with Gasteiger partial charge in [-0.2, -0.15) is 5.10 Å². The van der Waals surface area contributed by atoms with E-state index < -0.39 is 0 Å². The van der Waals surface area contributed by atoms with Crippen LogP contribution in [0.1, 0.15) is 55.1 Å². The largest absolute Gasteiger partial charge is 0.352 e. The number of carbonyl (C=O) groups excluding carboxylic acids is 3. The van der Waals surface area contributed by atoms with E-state index in [2.05, 4.69) is 10.4 Å². The molecule has 1 fully saturated rings. The number of aromatic nitrogens is 3. The Hall–Kier alpha value is -3.55. The highest BCUT2D eigenvalue weighted by Gasteiger charge is 2.28. The molecule has 0 atom stereocenters. The number of imide groups is 1. The van der Waals surface area contributed by atoms with E-state index in [0.717, 1.165) is 16.8 Å². The molecule has 1 N–H and O–H groups in total. The first-order chi connectivity index (χ1) is 15.4. The smallest absolute Gasteiger partial charge is 0.252 e. The maximum atomic E-state index is 13.1. The van der Waals surface area contributed by atoms with Crippen LogP contribution in [0.5, 0.6) is 0 Å². The molecule has 1 saturated heterocycles. The predicted molar refractivity (Wildman–Crippen MR) is 121 cm³/mol. The summed E-state index contributed by atoms with van der Waals surface area (Å²) >= 11 is 0. The normalized spacial score (nSPS) is 14.1. The van der Waals surface area contributed by atoms with Crippen molar-refractivity contribution in [2.75, 3.05) is 13.1 Å². The Kier molecular flexibility index (Phi) is 6.03. The van der Waals surface area contributed by atoms with Crippen LogP contribution in [-0.2, 0) is 9.59 Å². The fraction of sp³-hybridized carbons (Fsp3) is 0.375. The molecule has 0 saturated carbocycles. The summed E-state index contributed by atoms with van der Waals surface area (Å²) in [6.45, 7) is 6.74. The van der Waals surface area contributed by atoms with Crippen molar-refractivity contribution in [3.8, 4) is 11.3 Å². The Morgan fingerprint density at radius 1 is 1.16 bits per heavy atom. The Balaban J connectivity index is 1.59. The molecule has 1 aliphatic rings. The molecule has 0 spiro atoms. The van der Waals surface area contributed by atoms with Gasteiger partial charge in [-0.25, -0.2) is 9.67 Å². The molecule has 3 aromatic rings. The van der Waals surface area contributed by atoms with Gasteiger partial charge in [0.15, 0.2) is 5.65 Å². The third kappa shape index (κ3) is 4.12. The monoisotopic (exact) mass is 433 g/mol. The van der Waals surface area contributed by atoms with Crippen LogP contribution in [0.2, 0.25) is 0 Å². The lowest BCUT2D eigenvalue weighted by atomic mass is 10.0. The second kappa shape index (κ2) is 8.90. The molecule has 8 nitrogen and oxygen atoms in total. The number of carbonyl (C=O) groups is 3. The van der Waals surface area contributed by atoms with E-state index in [-0.39, 0.29) is 36.6 Å². The average Bonchev–Trinajstić information content (AvgIpc) is 3.34. The number of aryl methyl sites for hydroxylation is 1. The molecule has 1 aromatic carbocycles. The van der Waals surface area contributed by atoms with Crippen molar-refractivity contribution in [3.05, 3.63) is 47.7 Å². The van der Waals surface area contributed by atoms with E-state index in [1.807, 2.05) is 49.7 Å². The van der Waals surface area contributed by atoms with Crippen LogP contribution in [0.4, 0.5) is 0 Å². The van der Waals surface area contributed by atoms with E-state index in [0.29, 0.717) is 36.1 Å². The van der Waals surface area contributed by atoms with E-state index in [1.165, 1.54) is 4.90 Å². The van der Waals surface area contributed by atoms with E-state index >= 15 is 0 Å². The molecule has 0 bridgehead atoms. The van der Waals surface area contributed by atoms with Crippen LogP contribution in [0.3, 0.4) is 0 Å². The summed E-state index contributed by atoms with van der Waals surface area (Å²) in [4.78, 5) is 42.7. The first-order valence-electron chi connectivity index (χ1n) is 10.9. The van der Waals surface area contributed by atoms with Crippen molar-refractivity contribution in [3.63, 3.8) is 0 Å². The summed E-state index contributed by atoms with van der Waals surface area (Å²) < 4.78 is 1.82. The molecule has 0 unspecified atom stereocenters. The number of pyridine rings is 1. The lowest BCUT2D eigenvalue weighted by molar-refractivity contribution is -0.138. The quantitative estimate of drug-likeness (QED) is 0.456. The zero-order chi connectivity index (χ0) is 22.8. The summed E-state index contributed by atoms with van der Waals surface area (Å²) in [6, 6.07) is 9.83. The van der Waals surface area contributed by atoms with Crippen LogP contribution in [-0.4, -0.2) is 50.5 Å². The van der Waals surface area contributed by atoms with Gasteiger partial charge in [0.25, 0.3) is 5.91 Å². The Morgan fingerprint density at radius 2 is 1.88 bits per heavy atom. The summed E-state index contributed by atoms with van der Waals surface area (Å²) in [5.41, 5.74) is 3.93. The molecule has 1 aliphatic heterocycles. The number of nitrogens with zero attached hydrogens (tertiary/aromatic N) is 4. The Morgan fingerprint density at radius 3 is 2.56 bits per heavy atom. The molecular formula is C24H27N5O3. The SMILES string of the molecule is Cc1ccccc1-c1cc(C(=O)NCCCN2C(=O)CCC2=O)c2cnn(C(C)C)c2n1. The highest BCUT2D eigenvalue weighted by atomic mass is 16.2. The molecule has 3 amide bonds. The van der Waals surface area contributed by atoms with Crippen molar-refractivity contribution in [1.82, 2.24) is 25.0 Å². The summed E-state index contributed by atoms with van der Waals surface area (Å²) in [6.07, 6.45) is 2.75. The number of fused-ring (bicyclic) bond motifs is 1. The van der Waals surface area contributed by atoms with E-state index in [9.17, 15) is 14.4 Å². The van der Waals surface area contributed by atoms with Gasteiger partial charge < -0.3 is 5.32 Å². The van der Waals surface area contributed by atoms with Gasteiger partial charge >= 0.3 is 0 Å². The van der Waals surface area contributed by atoms with Crippen molar-refractivity contribution < 1.29 is 14.4 Å². The first-order valence-corrected chi connectivity index (χ1v) is 10.9. The maximum Gasteiger partial charge on any atom is 0.252 e. The van der Waals surface area contributed by atoms with E-state index in [1.54, 1.807) is 12.3 Å². The maximum absolute atomic E-state index is 13.1. The van der Waals surface area contributed by atoms with Crippen LogP contribution in [0, 0.1) is 6.92 Å². The van der Waals surface area contributed by atoms with Gasteiger partial charge in [0.2, 0.25) is 11.8 Å². The summed E-state index contributed by atoms with van der Waals surface area (Å²) in [7, 11) is 0. The van der Waals surface area contributed by atoms with Crippen LogP contribution < -0.4 is 5.32 Å². The standard InChI is InChI=1S/C24H27N5O3/c1-15(2)29-23-19(14-26-29)18(13-20(27-23)17-8-5-4-7-16(17)3)24(32)25-11-6-12-28-21(30)9-10-22(28)31/h4-5,7-8,13-15H,6,9-12H2,1-3H3,(H,25,32). The Labute approximate surface area is 186 Å². The molecule has 32 heavy (non-hydrogen) atoms. The molecule has 2 aromatic heterocycles. The van der Waals surface area contributed by atoms with Gasteiger partial charge in [-0.15, -0.1) is 0 Å². The van der Waals surface area contributed by atoms with Crippen molar-refractivity contribution in [2.24, 2.45) is 0 Å². The first kappa shape index (κ1) is 21.7. The van der Waals surface area contributed by atoms with E-state index in [4.69, 9.17) is 4.98 Å². The highest BCUT2D eigenvalue weighted by molar-refractivity contribution is 6.06. The van der Waals surface area contributed by atoms with Crippen molar-refractivity contribution in [1.29, 1.82) is 0 Å². The fourth-order valence-electron chi connectivity index (χ4n) is 3.99. The summed E-state index contributed by atoms with van der Waals surface area (Å²) in [5, 5.41) is 8.07. The molecule has 0 aliphatic carbocycles. The molecule has 3 heterocycles. The van der Waals surface area contributed by atoms with Crippen LogP contribution in [0.25, 0.3) is 22.3 Å². The number of benzene rings is 1. The minimum atomic E-state index is -0.227. The third-order valence-electron chi connectivity index (χ3n) is 5.72. The fourth-order valence-corrected chi connectivity index (χ4v) is 3.99. The number of hydrogen-bond donors (Lipinski definition) is 1. The lowest BCUT2D eigenvalue weighted by Gasteiger charge is -2.14. The molecular weight excluding hydrogens is 406 g/mol. The zero-order valence-electron chi connectivity index (χ0n) is 18.6. The zero-order valence-corrected chi connectivity index (χ0v) is 18.6. The number of nitrogens with one attached hydrogen (secondary N) is 1. The van der Waals surface area contributed by atoms with Gasteiger partial charge in [-0.1, -0.05) is 24.3 Å².